The van der Waals surface area contributed by atoms with Gasteiger partial charge in [-0.25, -0.2) is 0 Å². The number of thiol groups is 1. The molecule has 2 nitrogen and oxygen atoms in total. The maximum absolute atomic E-state index is 5.40. The highest BCUT2D eigenvalue weighted by Crippen LogP contribution is 2.15. The Morgan fingerprint density at radius 3 is 2.29 bits per heavy atom. The van der Waals surface area contributed by atoms with Gasteiger partial charge in [0.05, 0.1) is 5.37 Å². The second kappa shape index (κ2) is 8.15. The first kappa shape index (κ1) is 13.8. The van der Waals surface area contributed by atoms with Crippen molar-refractivity contribution in [1.29, 1.82) is 0 Å². The van der Waals surface area contributed by atoms with E-state index in [-0.39, 0.29) is 5.37 Å². The lowest BCUT2D eigenvalue weighted by molar-refractivity contribution is 0.971. The molecule has 1 rings (SSSR count). The molecule has 4 heteroatoms. The molecule has 1 atom stereocenters. The average Bonchev–Trinajstić information content (AvgIpc) is 2.24. The fourth-order valence-corrected chi connectivity index (χ4v) is 1.21. The van der Waals surface area contributed by atoms with Crippen LogP contribution in [0.2, 0.25) is 0 Å². The van der Waals surface area contributed by atoms with Crippen LogP contribution in [-0.2, 0) is 0 Å². The van der Waals surface area contributed by atoms with E-state index in [9.17, 15) is 0 Å². The van der Waals surface area contributed by atoms with Gasteiger partial charge in [-0.3, -0.25) is 0 Å². The largest absolute Gasteiger partial charge is 0.372 e. The molecule has 0 aliphatic heterocycles. The number of nitrogens with one attached hydrogen (secondary N) is 1. The molecule has 1 unspecified atom stereocenters. The van der Waals surface area contributed by atoms with E-state index in [2.05, 4.69) is 33.9 Å². The van der Waals surface area contributed by atoms with Gasteiger partial charge in [-0.2, -0.15) is 12.6 Å². The van der Waals surface area contributed by atoms with E-state index in [1.807, 2.05) is 38.1 Å². The molecule has 0 aromatic heterocycles. The van der Waals surface area contributed by atoms with Crippen molar-refractivity contribution in [3.63, 3.8) is 0 Å². The van der Waals surface area contributed by atoms with Crippen LogP contribution in [0.5, 0.6) is 0 Å². The van der Waals surface area contributed by atoms with Crippen LogP contribution in [0.25, 0.3) is 0 Å². The van der Waals surface area contributed by atoms with Crippen molar-refractivity contribution < 1.29 is 0 Å². The number of anilines is 1. The van der Waals surface area contributed by atoms with Crippen molar-refractivity contribution in [3.05, 3.63) is 28.7 Å². The summed E-state index contributed by atoms with van der Waals surface area (Å²) in [5, 5.41) is 3.16. The van der Waals surface area contributed by atoms with E-state index in [4.69, 9.17) is 5.73 Å². The molecule has 0 aliphatic rings. The Morgan fingerprint density at radius 1 is 1.36 bits per heavy atom. The molecule has 0 aliphatic carbocycles. The lowest BCUT2D eigenvalue weighted by atomic mass is 10.3. The minimum Gasteiger partial charge on any atom is -0.372 e. The van der Waals surface area contributed by atoms with Crippen LogP contribution < -0.4 is 11.1 Å². The Labute approximate surface area is 99.8 Å². The molecular weight excluding hydrogens is 260 g/mol. The Hall–Kier alpha value is -0.190. The van der Waals surface area contributed by atoms with E-state index in [0.29, 0.717) is 6.54 Å². The topological polar surface area (TPSA) is 38.0 Å². The van der Waals surface area contributed by atoms with Gasteiger partial charge in [0, 0.05) is 16.7 Å². The van der Waals surface area contributed by atoms with Gasteiger partial charge in [-0.05, 0) is 24.3 Å². The molecular formula is C10H17BrN2S. The highest BCUT2D eigenvalue weighted by atomic mass is 79.9. The molecule has 0 heterocycles. The monoisotopic (exact) mass is 276 g/mol. The highest BCUT2D eigenvalue weighted by Gasteiger charge is 1.98. The Bertz CT molecular complexity index is 238. The minimum absolute atomic E-state index is 0.0196. The summed E-state index contributed by atoms with van der Waals surface area (Å²) in [5.74, 6) is 0. The van der Waals surface area contributed by atoms with Gasteiger partial charge in [-0.15, -0.1) is 0 Å². The van der Waals surface area contributed by atoms with Crippen LogP contribution in [0.1, 0.15) is 13.8 Å². The Balaban J connectivity index is 0.000000791. The van der Waals surface area contributed by atoms with Crippen LogP contribution >= 0.6 is 28.6 Å². The zero-order valence-corrected chi connectivity index (χ0v) is 11.0. The maximum Gasteiger partial charge on any atom is 0.0816 e. The number of halogens is 1. The SMILES string of the molecule is CC.NCC(S)Nc1ccc(Br)cc1. The van der Waals surface area contributed by atoms with Crippen LogP contribution in [0, 0.1) is 0 Å². The zero-order valence-electron chi connectivity index (χ0n) is 8.50. The predicted molar refractivity (Wildman–Crippen MR) is 70.9 cm³/mol. The third-order valence-corrected chi connectivity index (χ3v) is 2.27. The number of hydrogen-bond donors (Lipinski definition) is 3. The van der Waals surface area contributed by atoms with Crippen molar-refractivity contribution in [2.45, 2.75) is 19.2 Å². The van der Waals surface area contributed by atoms with Crippen LogP contribution in [-0.4, -0.2) is 11.9 Å². The first-order valence-electron chi connectivity index (χ1n) is 4.62. The molecule has 3 N–H and O–H groups in total. The number of hydrogen-bond acceptors (Lipinski definition) is 3. The van der Waals surface area contributed by atoms with Crippen LogP contribution in [0.4, 0.5) is 5.69 Å². The summed E-state index contributed by atoms with van der Waals surface area (Å²) in [6.07, 6.45) is 0. The van der Waals surface area contributed by atoms with Crippen molar-refractivity contribution in [1.82, 2.24) is 0 Å². The fourth-order valence-electron chi connectivity index (χ4n) is 0.797. The first-order chi connectivity index (χ1) is 6.72. The Kier molecular flexibility index (Phi) is 8.04. The summed E-state index contributed by atoms with van der Waals surface area (Å²) in [7, 11) is 0. The molecule has 0 bridgehead atoms. The quantitative estimate of drug-likeness (QED) is 0.586. The van der Waals surface area contributed by atoms with Crippen molar-refractivity contribution in [3.8, 4) is 0 Å². The third kappa shape index (κ3) is 5.52. The minimum atomic E-state index is 0.0196. The Morgan fingerprint density at radius 2 is 1.86 bits per heavy atom. The van der Waals surface area contributed by atoms with Crippen molar-refractivity contribution in [2.75, 3.05) is 11.9 Å². The molecule has 1 aromatic carbocycles. The summed E-state index contributed by atoms with van der Waals surface area (Å²) in [4.78, 5) is 0. The summed E-state index contributed by atoms with van der Waals surface area (Å²) in [6.45, 7) is 4.51. The van der Waals surface area contributed by atoms with E-state index >= 15 is 0 Å². The maximum atomic E-state index is 5.40. The normalized spacial score (nSPS) is 11.2. The summed E-state index contributed by atoms with van der Waals surface area (Å²) >= 11 is 7.58. The van der Waals surface area contributed by atoms with Crippen LogP contribution in [0.3, 0.4) is 0 Å². The molecule has 1 aromatic rings. The van der Waals surface area contributed by atoms with Gasteiger partial charge in [0.25, 0.3) is 0 Å². The molecule has 0 radical (unpaired) electrons. The highest BCUT2D eigenvalue weighted by molar-refractivity contribution is 9.10. The first-order valence-corrected chi connectivity index (χ1v) is 5.93. The van der Waals surface area contributed by atoms with Crippen molar-refractivity contribution >= 4 is 34.2 Å². The van der Waals surface area contributed by atoms with Crippen molar-refractivity contribution in [2.24, 2.45) is 5.73 Å². The van der Waals surface area contributed by atoms with Crippen LogP contribution in [0.15, 0.2) is 28.7 Å². The van der Waals surface area contributed by atoms with Gasteiger partial charge >= 0.3 is 0 Å². The third-order valence-electron chi connectivity index (χ3n) is 1.40. The number of rotatable bonds is 3. The number of benzene rings is 1. The standard InChI is InChI=1S/C8H11BrN2S.C2H6/c9-6-1-3-7(4-2-6)11-8(12)5-10;1-2/h1-4,8,11-12H,5,10H2;1-2H3. The predicted octanol–water partition coefficient (Wildman–Crippen LogP) is 3.10. The van der Waals surface area contributed by atoms with E-state index in [0.717, 1.165) is 10.2 Å². The van der Waals surface area contributed by atoms with Gasteiger partial charge in [0.2, 0.25) is 0 Å². The van der Waals surface area contributed by atoms with Gasteiger partial charge in [0.15, 0.2) is 0 Å². The summed E-state index contributed by atoms with van der Waals surface area (Å²) in [6, 6.07) is 7.89. The second-order valence-corrected chi connectivity index (χ2v) is 3.94. The lowest BCUT2D eigenvalue weighted by Gasteiger charge is -2.11. The molecule has 0 saturated carbocycles. The summed E-state index contributed by atoms with van der Waals surface area (Å²) in [5.41, 5.74) is 6.43. The molecule has 14 heavy (non-hydrogen) atoms. The van der Waals surface area contributed by atoms with Gasteiger partial charge in [-0.1, -0.05) is 29.8 Å². The fraction of sp³-hybridized carbons (Fsp3) is 0.400. The zero-order chi connectivity index (χ0) is 11.0. The number of nitrogens with two attached hydrogens (primary N) is 1. The molecule has 0 amide bonds. The van der Waals surface area contributed by atoms with E-state index in [1.165, 1.54) is 0 Å². The van der Waals surface area contributed by atoms with Gasteiger partial charge in [0.1, 0.15) is 0 Å². The van der Waals surface area contributed by atoms with E-state index in [1.54, 1.807) is 0 Å². The van der Waals surface area contributed by atoms with E-state index < -0.39 is 0 Å². The molecule has 0 saturated heterocycles. The lowest BCUT2D eigenvalue weighted by Crippen LogP contribution is -2.22. The molecule has 0 spiro atoms. The molecule has 80 valence electrons. The summed E-state index contributed by atoms with van der Waals surface area (Å²) < 4.78 is 1.07. The average molecular weight is 277 g/mol. The molecule has 0 fully saturated rings. The smallest absolute Gasteiger partial charge is 0.0816 e. The second-order valence-electron chi connectivity index (χ2n) is 2.40. The van der Waals surface area contributed by atoms with Gasteiger partial charge < -0.3 is 11.1 Å².